The van der Waals surface area contributed by atoms with E-state index >= 15 is 0 Å². The molecule has 21 heavy (non-hydrogen) atoms. The predicted octanol–water partition coefficient (Wildman–Crippen LogP) is 4.25. The van der Waals surface area contributed by atoms with Crippen LogP contribution >= 0.6 is 22.6 Å². The van der Waals surface area contributed by atoms with Crippen LogP contribution in [-0.2, 0) is 6.42 Å². The van der Waals surface area contributed by atoms with Crippen molar-refractivity contribution in [2.45, 2.75) is 13.3 Å². The summed E-state index contributed by atoms with van der Waals surface area (Å²) in [6.07, 6.45) is 0.749. The Labute approximate surface area is 135 Å². The predicted molar refractivity (Wildman–Crippen MR) is 90.5 cm³/mol. The summed E-state index contributed by atoms with van der Waals surface area (Å²) in [6, 6.07) is 12.9. The third-order valence-corrected chi connectivity index (χ3v) is 3.75. The minimum atomic E-state index is -0.132. The van der Waals surface area contributed by atoms with E-state index in [1.807, 2.05) is 43.3 Å². The molecule has 0 unspecified atom stereocenters. The van der Waals surface area contributed by atoms with E-state index in [-0.39, 0.29) is 5.91 Å². The van der Waals surface area contributed by atoms with Crippen molar-refractivity contribution in [3.8, 4) is 0 Å². The molecule has 1 amide bonds. The fraction of sp³-hybridized carbons (Fsp3) is 0.125. The summed E-state index contributed by atoms with van der Waals surface area (Å²) >= 11 is 2.19. The quantitative estimate of drug-likeness (QED) is 0.679. The Morgan fingerprint density at radius 3 is 2.90 bits per heavy atom. The van der Waals surface area contributed by atoms with Crippen molar-refractivity contribution in [2.24, 2.45) is 0 Å². The van der Waals surface area contributed by atoms with Crippen LogP contribution in [0.3, 0.4) is 0 Å². The van der Waals surface area contributed by atoms with Gasteiger partial charge in [-0.05, 0) is 59.0 Å². The first-order valence-corrected chi connectivity index (χ1v) is 7.70. The lowest BCUT2D eigenvalue weighted by Gasteiger charge is -2.05. The maximum absolute atomic E-state index is 12.2. The van der Waals surface area contributed by atoms with Crippen molar-refractivity contribution in [2.75, 3.05) is 5.32 Å². The molecule has 0 radical (unpaired) electrons. The minimum Gasteiger partial charge on any atom is -0.441 e. The molecule has 1 N–H and O–H groups in total. The van der Waals surface area contributed by atoms with E-state index in [9.17, 15) is 4.79 Å². The van der Waals surface area contributed by atoms with Gasteiger partial charge in [-0.2, -0.15) is 0 Å². The lowest BCUT2D eigenvalue weighted by molar-refractivity contribution is 0.102. The average molecular weight is 392 g/mol. The van der Waals surface area contributed by atoms with Crippen molar-refractivity contribution < 1.29 is 9.21 Å². The maximum atomic E-state index is 12.2. The van der Waals surface area contributed by atoms with Gasteiger partial charge in [0.05, 0.1) is 0 Å². The first-order chi connectivity index (χ1) is 10.2. The van der Waals surface area contributed by atoms with E-state index in [0.29, 0.717) is 17.1 Å². The van der Waals surface area contributed by atoms with Crippen LogP contribution < -0.4 is 5.32 Å². The minimum absolute atomic E-state index is 0.132. The van der Waals surface area contributed by atoms with Gasteiger partial charge in [-0.25, -0.2) is 4.98 Å². The van der Waals surface area contributed by atoms with Crippen molar-refractivity contribution in [1.82, 2.24) is 4.98 Å². The summed E-state index contributed by atoms with van der Waals surface area (Å²) in [4.78, 5) is 16.6. The summed E-state index contributed by atoms with van der Waals surface area (Å²) in [5.41, 5.74) is 2.84. The van der Waals surface area contributed by atoms with E-state index in [0.717, 1.165) is 21.1 Å². The number of benzene rings is 2. The third-order valence-electron chi connectivity index (χ3n) is 3.08. The fourth-order valence-electron chi connectivity index (χ4n) is 2.04. The van der Waals surface area contributed by atoms with Crippen molar-refractivity contribution in [1.29, 1.82) is 0 Å². The second kappa shape index (κ2) is 5.85. The second-order valence-electron chi connectivity index (χ2n) is 4.61. The molecule has 4 nitrogen and oxygen atoms in total. The average Bonchev–Trinajstić information content (AvgIpc) is 2.89. The highest BCUT2D eigenvalue weighted by molar-refractivity contribution is 14.1. The zero-order valence-corrected chi connectivity index (χ0v) is 13.5. The van der Waals surface area contributed by atoms with Crippen LogP contribution in [0.15, 0.2) is 46.9 Å². The Bertz CT molecular complexity index is 811. The van der Waals surface area contributed by atoms with Gasteiger partial charge in [0.25, 0.3) is 5.91 Å². The number of rotatable bonds is 3. The number of nitrogens with zero attached hydrogens (tertiary/aromatic N) is 1. The summed E-state index contributed by atoms with van der Waals surface area (Å²) in [5, 5.41) is 2.88. The number of aryl methyl sites for hydroxylation is 1. The summed E-state index contributed by atoms with van der Waals surface area (Å²) in [5.74, 6) is 0.568. The van der Waals surface area contributed by atoms with Gasteiger partial charge in [0.15, 0.2) is 11.5 Å². The van der Waals surface area contributed by atoms with E-state index in [1.165, 1.54) is 0 Å². The zero-order chi connectivity index (χ0) is 14.8. The summed E-state index contributed by atoms with van der Waals surface area (Å²) in [7, 11) is 0. The van der Waals surface area contributed by atoms with Crippen molar-refractivity contribution >= 4 is 45.3 Å². The highest BCUT2D eigenvalue weighted by Gasteiger charge is 2.09. The lowest BCUT2D eigenvalue weighted by Crippen LogP contribution is -2.11. The van der Waals surface area contributed by atoms with Crippen molar-refractivity contribution in [3.63, 3.8) is 0 Å². The van der Waals surface area contributed by atoms with Gasteiger partial charge in [0.1, 0.15) is 5.52 Å². The Morgan fingerprint density at radius 2 is 2.14 bits per heavy atom. The van der Waals surface area contributed by atoms with Gasteiger partial charge in [0, 0.05) is 21.2 Å². The molecular weight excluding hydrogens is 379 g/mol. The van der Waals surface area contributed by atoms with Crippen LogP contribution in [0.2, 0.25) is 0 Å². The SMILES string of the molecule is CCc1nc2cc(NC(=O)c3cccc(I)c3)ccc2o1. The first-order valence-electron chi connectivity index (χ1n) is 6.62. The monoisotopic (exact) mass is 392 g/mol. The van der Waals surface area contributed by atoms with E-state index in [4.69, 9.17) is 4.42 Å². The molecule has 2 aromatic carbocycles. The number of carbonyl (C=O) groups is 1. The molecule has 0 spiro atoms. The molecule has 0 aliphatic rings. The molecule has 1 aromatic heterocycles. The van der Waals surface area contributed by atoms with Gasteiger partial charge < -0.3 is 9.73 Å². The van der Waals surface area contributed by atoms with Crippen molar-refractivity contribution in [3.05, 3.63) is 57.5 Å². The zero-order valence-electron chi connectivity index (χ0n) is 11.4. The first kappa shape index (κ1) is 14.1. The Balaban J connectivity index is 1.85. The van der Waals surface area contributed by atoms with Gasteiger partial charge in [0.2, 0.25) is 0 Å². The second-order valence-corrected chi connectivity index (χ2v) is 5.85. The Morgan fingerprint density at radius 1 is 1.29 bits per heavy atom. The van der Waals surface area contributed by atoms with E-state index < -0.39 is 0 Å². The van der Waals surface area contributed by atoms with Crippen LogP contribution in [0.5, 0.6) is 0 Å². The van der Waals surface area contributed by atoms with Gasteiger partial charge in [-0.1, -0.05) is 13.0 Å². The standard InChI is InChI=1S/C16H13IN2O2/c1-2-15-19-13-9-12(6-7-14(13)21-15)18-16(20)10-4-3-5-11(17)8-10/h3-9H,2H2,1H3,(H,18,20). The van der Waals surface area contributed by atoms with Crippen LogP contribution in [0.25, 0.3) is 11.1 Å². The number of carbonyl (C=O) groups excluding carboxylic acids is 1. The molecule has 0 aliphatic carbocycles. The third kappa shape index (κ3) is 3.07. The molecule has 5 heteroatoms. The Hall–Kier alpha value is -1.89. The molecule has 0 atom stereocenters. The van der Waals surface area contributed by atoms with E-state index in [1.54, 1.807) is 6.07 Å². The van der Waals surface area contributed by atoms with Gasteiger partial charge in [-0.3, -0.25) is 4.79 Å². The number of oxazole rings is 1. The highest BCUT2D eigenvalue weighted by Crippen LogP contribution is 2.21. The van der Waals surface area contributed by atoms with Gasteiger partial charge >= 0.3 is 0 Å². The molecule has 0 fully saturated rings. The van der Waals surface area contributed by atoms with Gasteiger partial charge in [-0.15, -0.1) is 0 Å². The summed E-state index contributed by atoms with van der Waals surface area (Å²) in [6.45, 7) is 1.99. The molecular formula is C16H13IN2O2. The number of aromatic nitrogens is 1. The normalized spacial score (nSPS) is 10.8. The number of anilines is 1. The van der Waals surface area contributed by atoms with Crippen LogP contribution in [0.1, 0.15) is 23.2 Å². The molecule has 0 aliphatic heterocycles. The van der Waals surface area contributed by atoms with Crippen LogP contribution in [-0.4, -0.2) is 10.9 Å². The molecule has 0 saturated carbocycles. The molecule has 106 valence electrons. The molecule has 0 saturated heterocycles. The number of amides is 1. The van der Waals surface area contributed by atoms with Crippen LogP contribution in [0.4, 0.5) is 5.69 Å². The molecule has 3 rings (SSSR count). The number of nitrogens with one attached hydrogen (secondary N) is 1. The number of halogens is 1. The molecule has 1 heterocycles. The number of hydrogen-bond donors (Lipinski definition) is 1. The lowest BCUT2D eigenvalue weighted by atomic mass is 10.2. The topological polar surface area (TPSA) is 55.1 Å². The maximum Gasteiger partial charge on any atom is 0.255 e. The highest BCUT2D eigenvalue weighted by atomic mass is 127. The Kier molecular flexibility index (Phi) is 3.92. The van der Waals surface area contributed by atoms with E-state index in [2.05, 4.69) is 32.9 Å². The largest absolute Gasteiger partial charge is 0.441 e. The number of hydrogen-bond acceptors (Lipinski definition) is 3. The number of fused-ring (bicyclic) bond motifs is 1. The molecule has 0 bridgehead atoms. The molecule has 3 aromatic rings. The summed E-state index contributed by atoms with van der Waals surface area (Å²) < 4.78 is 6.58. The van der Waals surface area contributed by atoms with Crippen LogP contribution in [0, 0.1) is 3.57 Å². The fourth-order valence-corrected chi connectivity index (χ4v) is 2.58. The smallest absolute Gasteiger partial charge is 0.255 e.